The normalized spacial score (nSPS) is 17.2. The first-order valence-electron chi connectivity index (χ1n) is 13.0. The summed E-state index contributed by atoms with van der Waals surface area (Å²) in [5.41, 5.74) is 2.51. The molecule has 44 heavy (non-hydrogen) atoms. The molecule has 2 aliphatic rings. The van der Waals surface area contributed by atoms with Crippen LogP contribution in [0.5, 0.6) is 0 Å². The lowest BCUT2D eigenvalue weighted by Gasteiger charge is -2.26. The zero-order valence-electron chi connectivity index (χ0n) is 24.4. The molecule has 2 fully saturated rings. The summed E-state index contributed by atoms with van der Waals surface area (Å²) in [6, 6.07) is 12.2. The van der Waals surface area contributed by atoms with Gasteiger partial charge in [0.25, 0.3) is 0 Å². The molecule has 4 rings (SSSR count). The molecule has 2 aromatic rings. The Hall–Kier alpha value is -4.45. The number of carbonyl (C=O) groups is 4. The van der Waals surface area contributed by atoms with E-state index in [4.69, 9.17) is 15.8 Å². The van der Waals surface area contributed by atoms with Crippen LogP contribution in [0.2, 0.25) is 0 Å². The van der Waals surface area contributed by atoms with Crippen LogP contribution in [0, 0.1) is 23.2 Å². The molecule has 1 aliphatic carbocycles. The molecule has 242 valence electrons. The summed E-state index contributed by atoms with van der Waals surface area (Å²) in [4.78, 5) is 39.6. The number of alkyl halides is 6. The summed E-state index contributed by atoms with van der Waals surface area (Å²) in [6.07, 6.45) is -4.91. The fourth-order valence-electron chi connectivity index (χ4n) is 3.35. The molecule has 0 spiro atoms. The molecule has 0 radical (unpaired) electrons. The van der Waals surface area contributed by atoms with Gasteiger partial charge in [-0.15, -0.1) is 0 Å². The maximum atomic E-state index is 12.5. The first-order chi connectivity index (χ1) is 20.5. The zero-order valence-corrected chi connectivity index (χ0v) is 24.4. The Labute approximate surface area is 251 Å². The van der Waals surface area contributed by atoms with E-state index in [-0.39, 0.29) is 18.0 Å². The van der Waals surface area contributed by atoms with Crippen LogP contribution < -0.4 is 11.1 Å². The van der Waals surface area contributed by atoms with E-state index in [0.29, 0.717) is 31.5 Å². The topological polar surface area (TPSA) is 137 Å². The van der Waals surface area contributed by atoms with Gasteiger partial charge in [0.1, 0.15) is 19.1 Å². The highest BCUT2D eigenvalue weighted by Gasteiger charge is 2.38. The van der Waals surface area contributed by atoms with E-state index in [0.717, 1.165) is 24.8 Å². The Balaban J connectivity index is 0.000000613. The highest BCUT2D eigenvalue weighted by Crippen LogP contribution is 2.39. The second-order valence-electron chi connectivity index (χ2n) is 9.61. The zero-order chi connectivity index (χ0) is 34.1. The van der Waals surface area contributed by atoms with E-state index >= 15 is 0 Å². The number of hydrazine groups is 1. The van der Waals surface area contributed by atoms with Crippen molar-refractivity contribution in [3.63, 3.8) is 0 Å². The van der Waals surface area contributed by atoms with E-state index in [1.54, 1.807) is 12.1 Å². The van der Waals surface area contributed by atoms with Gasteiger partial charge in [0.2, 0.25) is 12.3 Å². The van der Waals surface area contributed by atoms with Crippen molar-refractivity contribution in [1.29, 1.82) is 5.26 Å². The maximum absolute atomic E-state index is 12.5. The first kappa shape index (κ1) is 39.5. The van der Waals surface area contributed by atoms with Crippen molar-refractivity contribution < 1.29 is 45.5 Å². The van der Waals surface area contributed by atoms with Gasteiger partial charge in [-0.25, -0.2) is 5.01 Å². The number of nitrogens with one attached hydrogen (secondary N) is 1. The number of para-hydroxylation sites is 1. The molecular weight excluding hydrogens is 596 g/mol. The van der Waals surface area contributed by atoms with Crippen molar-refractivity contribution in [3.05, 3.63) is 59.7 Å². The second kappa shape index (κ2) is 19.0. The molecular formula is C29H35F6N5O4. The van der Waals surface area contributed by atoms with Gasteiger partial charge in [-0.2, -0.15) is 31.6 Å². The van der Waals surface area contributed by atoms with Crippen molar-refractivity contribution in [2.24, 2.45) is 11.8 Å². The lowest BCUT2D eigenvalue weighted by molar-refractivity contribution is -0.142. The van der Waals surface area contributed by atoms with Crippen LogP contribution in [-0.4, -0.2) is 55.0 Å². The van der Waals surface area contributed by atoms with Crippen LogP contribution in [0.1, 0.15) is 44.2 Å². The van der Waals surface area contributed by atoms with E-state index < -0.39 is 35.1 Å². The molecule has 2 aromatic carbocycles. The number of halogens is 6. The Morgan fingerprint density at radius 2 is 1.61 bits per heavy atom. The van der Waals surface area contributed by atoms with Crippen LogP contribution in [0.4, 0.5) is 37.7 Å². The average molecular weight is 632 g/mol. The third-order valence-electron chi connectivity index (χ3n) is 5.84. The van der Waals surface area contributed by atoms with Crippen LogP contribution in [0.25, 0.3) is 0 Å². The highest BCUT2D eigenvalue weighted by molar-refractivity contribution is 5.89. The maximum Gasteiger partial charge on any atom is 0.418 e. The fourth-order valence-corrected chi connectivity index (χ4v) is 3.35. The number of nitrogens with zero attached hydrogens (tertiary/aromatic N) is 3. The minimum Gasteiger partial charge on any atom is -0.399 e. The van der Waals surface area contributed by atoms with Crippen LogP contribution in [0.15, 0.2) is 48.5 Å². The number of anilines is 2. The monoisotopic (exact) mass is 631 g/mol. The summed E-state index contributed by atoms with van der Waals surface area (Å²) < 4.78 is 74.5. The van der Waals surface area contributed by atoms with Crippen molar-refractivity contribution in [1.82, 2.24) is 10.0 Å². The number of nitriles is 1. The van der Waals surface area contributed by atoms with Crippen LogP contribution >= 0.6 is 0 Å². The fraction of sp³-hybridized carbons (Fsp3) is 0.414. The molecule has 2 atom stereocenters. The summed E-state index contributed by atoms with van der Waals surface area (Å²) >= 11 is 0. The van der Waals surface area contributed by atoms with Crippen molar-refractivity contribution in [2.45, 2.75) is 51.5 Å². The molecule has 2 amide bonds. The standard InChI is InChI=1S/C10H7F6NO.C8H11N3O2.C6H7N.C4H8.CH2O/c1-5(18)17-8-3-2-6(9(11,12)13)4-7(8)10(14,15)16;1-10(6-13)11-4-7(5-12)2-8(11)3-9;7-6-4-2-1-3-5-6;1-4-2-3-4;1-2/h2-4H,1H3,(H,17,18);5-8H,2,4H2,1H3;1-5H,7H2;4H,2-3H2,1H3;1H2. The third-order valence-corrected chi connectivity index (χ3v) is 5.84. The van der Waals surface area contributed by atoms with Gasteiger partial charge in [-0.3, -0.25) is 14.6 Å². The lowest BCUT2D eigenvalue weighted by Crippen LogP contribution is -2.41. The lowest BCUT2D eigenvalue weighted by atomic mass is 10.1. The summed E-state index contributed by atoms with van der Waals surface area (Å²) in [5.74, 6) is 0.146. The first-order valence-corrected chi connectivity index (χ1v) is 13.0. The Morgan fingerprint density at radius 1 is 1.07 bits per heavy atom. The van der Waals surface area contributed by atoms with E-state index in [1.165, 1.54) is 17.9 Å². The van der Waals surface area contributed by atoms with Gasteiger partial charge < -0.3 is 20.6 Å². The molecule has 3 N–H and O–H groups in total. The smallest absolute Gasteiger partial charge is 0.399 e. The Morgan fingerprint density at radius 3 is 1.95 bits per heavy atom. The van der Waals surface area contributed by atoms with E-state index in [1.807, 2.05) is 42.4 Å². The minimum atomic E-state index is -4.99. The number of hydrogen-bond acceptors (Lipinski definition) is 7. The SMILES string of the molecule is C=O.CC(=O)Nc1ccc(C(F)(F)F)cc1C(F)(F)F.CC1CC1.CN(C=O)N1CC(C=O)CC1C#N.Nc1ccccc1. The molecule has 1 heterocycles. The predicted octanol–water partition coefficient (Wildman–Crippen LogP) is 5.59. The Bertz CT molecular complexity index is 1220. The van der Waals surface area contributed by atoms with Crippen molar-refractivity contribution in [3.8, 4) is 6.07 Å². The average Bonchev–Trinajstić information content (AvgIpc) is 3.64. The van der Waals surface area contributed by atoms with Crippen molar-refractivity contribution >= 4 is 36.8 Å². The molecule has 1 saturated heterocycles. The van der Waals surface area contributed by atoms with Crippen molar-refractivity contribution in [2.75, 3.05) is 24.6 Å². The predicted molar refractivity (Wildman–Crippen MR) is 151 cm³/mol. The van der Waals surface area contributed by atoms with Crippen LogP contribution in [-0.2, 0) is 31.5 Å². The number of nitrogen functional groups attached to an aromatic ring is 1. The highest BCUT2D eigenvalue weighted by atomic mass is 19.4. The van der Waals surface area contributed by atoms with Gasteiger partial charge in [-0.05, 0) is 42.7 Å². The molecule has 0 aromatic heterocycles. The number of amides is 2. The summed E-state index contributed by atoms with van der Waals surface area (Å²) in [5, 5.41) is 13.5. The summed E-state index contributed by atoms with van der Waals surface area (Å²) in [6.45, 7) is 5.69. The number of nitrogens with two attached hydrogens (primary N) is 1. The third kappa shape index (κ3) is 15.1. The van der Waals surface area contributed by atoms with Gasteiger partial charge in [0.05, 0.1) is 22.9 Å². The van der Waals surface area contributed by atoms with Gasteiger partial charge in [0, 0.05) is 32.1 Å². The molecule has 9 nitrogen and oxygen atoms in total. The molecule has 2 unspecified atom stereocenters. The minimum absolute atomic E-state index is 0.0364. The molecule has 1 aliphatic heterocycles. The Kier molecular flexibility index (Phi) is 17.0. The van der Waals surface area contributed by atoms with Crippen LogP contribution in [0.3, 0.4) is 0 Å². The number of hydrogen-bond donors (Lipinski definition) is 2. The number of carbonyl (C=O) groups excluding carboxylic acids is 4. The second-order valence-corrected chi connectivity index (χ2v) is 9.61. The van der Waals surface area contributed by atoms with Gasteiger partial charge in [0.15, 0.2) is 0 Å². The number of rotatable bonds is 4. The molecule has 15 heteroatoms. The van der Waals surface area contributed by atoms with Gasteiger partial charge in [-0.1, -0.05) is 38.0 Å². The van der Waals surface area contributed by atoms with E-state index in [9.17, 15) is 40.7 Å². The quantitative estimate of drug-likeness (QED) is 0.255. The molecule has 0 bridgehead atoms. The number of benzene rings is 2. The number of aldehydes is 1. The van der Waals surface area contributed by atoms with Gasteiger partial charge >= 0.3 is 12.4 Å². The summed E-state index contributed by atoms with van der Waals surface area (Å²) in [7, 11) is 1.57. The largest absolute Gasteiger partial charge is 0.418 e. The van der Waals surface area contributed by atoms with E-state index in [2.05, 4.69) is 13.0 Å². The molecule has 1 saturated carbocycles.